The molecule has 0 saturated heterocycles. The van der Waals surface area contributed by atoms with Crippen LogP contribution in [0.5, 0.6) is 0 Å². The number of nitrogens with one attached hydrogen (secondary N) is 1. The molecule has 1 amide bonds. The first-order valence-corrected chi connectivity index (χ1v) is 6.29. The first kappa shape index (κ1) is 11.9. The Morgan fingerprint density at radius 3 is 2.76 bits per heavy atom. The van der Waals surface area contributed by atoms with E-state index in [0.29, 0.717) is 0 Å². The fraction of sp³-hybridized carbons (Fsp3) is 0.308. The third-order valence-corrected chi connectivity index (χ3v) is 3.00. The van der Waals surface area contributed by atoms with E-state index in [2.05, 4.69) is 5.32 Å². The van der Waals surface area contributed by atoms with Crippen LogP contribution in [0.15, 0.2) is 29.6 Å². The lowest BCUT2D eigenvalue weighted by molar-refractivity contribution is 0.0636. The normalized spacial score (nSPS) is 11.5. The van der Waals surface area contributed by atoms with E-state index >= 15 is 0 Å². The molecular formula is C13H15NO2S. The Hall–Kier alpha value is -1.55. The van der Waals surface area contributed by atoms with Gasteiger partial charge in [-0.1, -0.05) is 0 Å². The highest BCUT2D eigenvalue weighted by Gasteiger charge is 2.16. The average molecular weight is 249 g/mol. The van der Waals surface area contributed by atoms with Gasteiger partial charge in [0.1, 0.15) is 5.60 Å². The standard InChI is InChI=1S/C13H15NO2S/c1-13(2,3)16-12(15)14-10-4-5-11-9(8-10)6-7-17-11/h4-8H,1-3H3,(H,14,15). The molecule has 0 spiro atoms. The summed E-state index contributed by atoms with van der Waals surface area (Å²) in [6.45, 7) is 5.53. The Morgan fingerprint density at radius 2 is 2.06 bits per heavy atom. The second-order valence-electron chi connectivity index (χ2n) is 4.80. The van der Waals surface area contributed by atoms with Crippen molar-refractivity contribution in [3.63, 3.8) is 0 Å². The average Bonchev–Trinajstić information content (AvgIpc) is 2.61. The van der Waals surface area contributed by atoms with Crippen molar-refractivity contribution in [2.75, 3.05) is 5.32 Å². The molecule has 1 heterocycles. The van der Waals surface area contributed by atoms with Crippen molar-refractivity contribution in [2.45, 2.75) is 26.4 Å². The van der Waals surface area contributed by atoms with Gasteiger partial charge in [-0.15, -0.1) is 11.3 Å². The molecule has 1 aromatic carbocycles. The molecule has 0 radical (unpaired) electrons. The summed E-state index contributed by atoms with van der Waals surface area (Å²) in [4.78, 5) is 11.6. The van der Waals surface area contributed by atoms with Crippen LogP contribution in [-0.4, -0.2) is 11.7 Å². The summed E-state index contributed by atoms with van der Waals surface area (Å²) in [5, 5.41) is 5.88. The van der Waals surface area contributed by atoms with Crippen LogP contribution in [0.1, 0.15) is 20.8 Å². The van der Waals surface area contributed by atoms with E-state index in [1.165, 1.54) is 4.70 Å². The lowest BCUT2D eigenvalue weighted by Gasteiger charge is -2.19. The Balaban J connectivity index is 2.10. The first-order chi connectivity index (χ1) is 7.94. The monoisotopic (exact) mass is 249 g/mol. The topological polar surface area (TPSA) is 38.3 Å². The maximum Gasteiger partial charge on any atom is 0.412 e. The third-order valence-electron chi connectivity index (χ3n) is 2.10. The summed E-state index contributed by atoms with van der Waals surface area (Å²) in [5.41, 5.74) is 0.279. The van der Waals surface area contributed by atoms with Gasteiger partial charge in [0.05, 0.1) is 0 Å². The lowest BCUT2D eigenvalue weighted by atomic mass is 10.2. The summed E-state index contributed by atoms with van der Waals surface area (Å²) in [6.07, 6.45) is -0.424. The largest absolute Gasteiger partial charge is 0.444 e. The number of hydrogen-bond acceptors (Lipinski definition) is 3. The van der Waals surface area contributed by atoms with Crippen LogP contribution in [0.25, 0.3) is 10.1 Å². The number of rotatable bonds is 1. The van der Waals surface area contributed by atoms with Crippen LogP contribution in [0, 0.1) is 0 Å². The summed E-state index contributed by atoms with van der Waals surface area (Å²) in [6, 6.07) is 7.84. The fourth-order valence-corrected chi connectivity index (χ4v) is 2.24. The minimum absolute atomic E-state index is 0.424. The number of hydrogen-bond donors (Lipinski definition) is 1. The molecule has 0 aliphatic heterocycles. The number of ether oxygens (including phenoxy) is 1. The summed E-state index contributed by atoms with van der Waals surface area (Å²) in [7, 11) is 0. The number of fused-ring (bicyclic) bond motifs is 1. The molecule has 0 unspecified atom stereocenters. The first-order valence-electron chi connectivity index (χ1n) is 5.41. The molecule has 1 N–H and O–H groups in total. The van der Waals surface area contributed by atoms with E-state index in [-0.39, 0.29) is 0 Å². The zero-order valence-electron chi connectivity index (χ0n) is 10.1. The number of benzene rings is 1. The van der Waals surface area contributed by atoms with Crippen molar-refractivity contribution in [1.29, 1.82) is 0 Å². The van der Waals surface area contributed by atoms with E-state index in [0.717, 1.165) is 11.1 Å². The van der Waals surface area contributed by atoms with E-state index in [1.807, 2.05) is 50.4 Å². The predicted molar refractivity (Wildman–Crippen MR) is 71.7 cm³/mol. The molecule has 0 bridgehead atoms. The highest BCUT2D eigenvalue weighted by molar-refractivity contribution is 7.17. The SMILES string of the molecule is CC(C)(C)OC(=O)Nc1ccc2sccc2c1. The van der Waals surface area contributed by atoms with Gasteiger partial charge in [-0.25, -0.2) is 4.79 Å². The molecule has 0 aliphatic carbocycles. The minimum Gasteiger partial charge on any atom is -0.444 e. The zero-order valence-corrected chi connectivity index (χ0v) is 10.9. The van der Waals surface area contributed by atoms with Crippen LogP contribution in [0.2, 0.25) is 0 Å². The minimum atomic E-state index is -0.476. The fourth-order valence-electron chi connectivity index (χ4n) is 1.47. The van der Waals surface area contributed by atoms with Gasteiger partial charge in [-0.05, 0) is 55.8 Å². The molecule has 1 aromatic heterocycles. The Bertz CT molecular complexity index is 540. The van der Waals surface area contributed by atoms with E-state index < -0.39 is 11.7 Å². The highest BCUT2D eigenvalue weighted by atomic mass is 32.1. The number of amides is 1. The van der Waals surface area contributed by atoms with Crippen LogP contribution < -0.4 is 5.32 Å². The molecular weight excluding hydrogens is 234 g/mol. The molecule has 2 rings (SSSR count). The number of thiophene rings is 1. The van der Waals surface area contributed by atoms with Crippen molar-refractivity contribution >= 4 is 33.2 Å². The maximum atomic E-state index is 11.6. The van der Waals surface area contributed by atoms with Crippen molar-refractivity contribution in [2.24, 2.45) is 0 Å². The molecule has 17 heavy (non-hydrogen) atoms. The number of carbonyl (C=O) groups is 1. The summed E-state index contributed by atoms with van der Waals surface area (Å²) < 4.78 is 6.40. The van der Waals surface area contributed by atoms with E-state index in [4.69, 9.17) is 4.74 Å². The van der Waals surface area contributed by atoms with Crippen molar-refractivity contribution in [3.05, 3.63) is 29.6 Å². The third kappa shape index (κ3) is 3.20. The van der Waals surface area contributed by atoms with Gasteiger partial charge < -0.3 is 4.74 Å². The molecule has 3 nitrogen and oxygen atoms in total. The van der Waals surface area contributed by atoms with Crippen LogP contribution >= 0.6 is 11.3 Å². The Kier molecular flexibility index (Phi) is 3.07. The van der Waals surface area contributed by atoms with Crippen molar-refractivity contribution in [1.82, 2.24) is 0 Å². The van der Waals surface area contributed by atoms with Gasteiger partial charge in [0.2, 0.25) is 0 Å². The molecule has 0 atom stereocenters. The molecule has 0 fully saturated rings. The second-order valence-corrected chi connectivity index (χ2v) is 5.75. The zero-order chi connectivity index (χ0) is 12.5. The van der Waals surface area contributed by atoms with Gasteiger partial charge in [0.15, 0.2) is 0 Å². The summed E-state index contributed by atoms with van der Waals surface area (Å²) in [5.74, 6) is 0. The van der Waals surface area contributed by atoms with Crippen LogP contribution in [-0.2, 0) is 4.74 Å². The number of carbonyl (C=O) groups excluding carboxylic acids is 1. The van der Waals surface area contributed by atoms with Crippen LogP contribution in [0.4, 0.5) is 10.5 Å². The molecule has 0 saturated carbocycles. The van der Waals surface area contributed by atoms with E-state index in [9.17, 15) is 4.79 Å². The Morgan fingerprint density at radius 1 is 1.29 bits per heavy atom. The van der Waals surface area contributed by atoms with Crippen molar-refractivity contribution in [3.8, 4) is 0 Å². The lowest BCUT2D eigenvalue weighted by Crippen LogP contribution is -2.27. The highest BCUT2D eigenvalue weighted by Crippen LogP contribution is 2.24. The number of anilines is 1. The molecule has 2 aromatic rings. The van der Waals surface area contributed by atoms with Crippen molar-refractivity contribution < 1.29 is 9.53 Å². The molecule has 4 heteroatoms. The van der Waals surface area contributed by atoms with Gasteiger partial charge in [0, 0.05) is 10.4 Å². The molecule has 90 valence electrons. The van der Waals surface area contributed by atoms with Crippen LogP contribution in [0.3, 0.4) is 0 Å². The smallest absolute Gasteiger partial charge is 0.412 e. The van der Waals surface area contributed by atoms with Gasteiger partial charge >= 0.3 is 6.09 Å². The van der Waals surface area contributed by atoms with Gasteiger partial charge in [-0.3, -0.25) is 5.32 Å². The van der Waals surface area contributed by atoms with Gasteiger partial charge in [-0.2, -0.15) is 0 Å². The second kappa shape index (κ2) is 4.37. The predicted octanol–water partition coefficient (Wildman–Crippen LogP) is 4.25. The molecule has 0 aliphatic rings. The summed E-state index contributed by atoms with van der Waals surface area (Å²) >= 11 is 1.68. The Labute approximate surface area is 104 Å². The maximum absolute atomic E-state index is 11.6. The van der Waals surface area contributed by atoms with E-state index in [1.54, 1.807) is 11.3 Å². The quantitative estimate of drug-likeness (QED) is 0.820. The van der Waals surface area contributed by atoms with Gasteiger partial charge in [0.25, 0.3) is 0 Å².